The summed E-state index contributed by atoms with van der Waals surface area (Å²) >= 11 is 0. The molecule has 2 aromatic carbocycles. The SMILES string of the molecule is CC(C)c1ccc(NC(=O)C(C)(C)C(=O)N(C)c2ccccc2)cc1. The second-order valence-electron chi connectivity index (χ2n) is 7.06. The fourth-order valence-corrected chi connectivity index (χ4v) is 2.52. The summed E-state index contributed by atoms with van der Waals surface area (Å²) in [5, 5.41) is 2.85. The summed E-state index contributed by atoms with van der Waals surface area (Å²) in [6.45, 7) is 7.53. The van der Waals surface area contributed by atoms with Crippen molar-refractivity contribution in [3.63, 3.8) is 0 Å². The van der Waals surface area contributed by atoms with Gasteiger partial charge in [-0.3, -0.25) is 9.59 Å². The first-order valence-corrected chi connectivity index (χ1v) is 8.48. The van der Waals surface area contributed by atoms with Gasteiger partial charge in [0, 0.05) is 18.4 Å². The third-order valence-electron chi connectivity index (χ3n) is 4.39. The maximum atomic E-state index is 12.8. The van der Waals surface area contributed by atoms with E-state index in [9.17, 15) is 9.59 Å². The molecule has 0 heterocycles. The van der Waals surface area contributed by atoms with Crippen LogP contribution in [0.4, 0.5) is 11.4 Å². The fourth-order valence-electron chi connectivity index (χ4n) is 2.52. The van der Waals surface area contributed by atoms with Crippen molar-refractivity contribution in [3.8, 4) is 0 Å². The number of carbonyl (C=O) groups excluding carboxylic acids is 2. The molecule has 0 aromatic heterocycles. The van der Waals surface area contributed by atoms with Gasteiger partial charge in [-0.15, -0.1) is 0 Å². The Morgan fingerprint density at radius 2 is 1.52 bits per heavy atom. The molecule has 0 fully saturated rings. The number of anilines is 2. The lowest BCUT2D eigenvalue weighted by Gasteiger charge is -2.28. The van der Waals surface area contributed by atoms with Crippen molar-refractivity contribution in [3.05, 3.63) is 60.2 Å². The molecule has 0 unspecified atom stereocenters. The average Bonchev–Trinajstić information content (AvgIpc) is 2.61. The smallest absolute Gasteiger partial charge is 0.241 e. The zero-order valence-electron chi connectivity index (χ0n) is 15.5. The van der Waals surface area contributed by atoms with Crippen molar-refractivity contribution in [1.82, 2.24) is 0 Å². The first-order valence-electron chi connectivity index (χ1n) is 8.48. The minimum absolute atomic E-state index is 0.255. The molecular weight excluding hydrogens is 312 g/mol. The fraction of sp³-hybridized carbons (Fsp3) is 0.333. The molecule has 1 N–H and O–H groups in total. The van der Waals surface area contributed by atoms with Crippen molar-refractivity contribution in [2.45, 2.75) is 33.6 Å². The standard InChI is InChI=1S/C21H26N2O2/c1-15(2)16-11-13-17(14-12-16)22-19(24)21(3,4)20(25)23(5)18-9-7-6-8-10-18/h6-15H,1-5H3,(H,22,24). The van der Waals surface area contributed by atoms with Crippen LogP contribution in [0.5, 0.6) is 0 Å². The Balaban J connectivity index is 2.12. The lowest BCUT2D eigenvalue weighted by Crippen LogP contribution is -2.46. The molecule has 0 spiro atoms. The molecule has 0 atom stereocenters. The highest BCUT2D eigenvalue weighted by atomic mass is 16.2. The van der Waals surface area contributed by atoms with E-state index in [1.54, 1.807) is 20.9 Å². The predicted octanol–water partition coefficient (Wildman–Crippen LogP) is 4.44. The topological polar surface area (TPSA) is 49.4 Å². The summed E-state index contributed by atoms with van der Waals surface area (Å²) in [4.78, 5) is 27.0. The molecule has 2 aromatic rings. The maximum Gasteiger partial charge on any atom is 0.241 e. The normalized spacial score (nSPS) is 11.3. The minimum Gasteiger partial charge on any atom is -0.325 e. The monoisotopic (exact) mass is 338 g/mol. The van der Waals surface area contributed by atoms with E-state index in [1.165, 1.54) is 10.5 Å². The number of amides is 2. The molecule has 0 aliphatic carbocycles. The first kappa shape index (κ1) is 18.7. The van der Waals surface area contributed by atoms with Crippen LogP contribution in [0.1, 0.15) is 39.2 Å². The van der Waals surface area contributed by atoms with Gasteiger partial charge >= 0.3 is 0 Å². The number of benzene rings is 2. The van der Waals surface area contributed by atoms with Gasteiger partial charge in [-0.2, -0.15) is 0 Å². The third-order valence-corrected chi connectivity index (χ3v) is 4.39. The molecule has 0 bridgehead atoms. The minimum atomic E-state index is -1.18. The summed E-state index contributed by atoms with van der Waals surface area (Å²) in [6.07, 6.45) is 0. The number of hydrogen-bond acceptors (Lipinski definition) is 2. The Bertz CT molecular complexity index is 734. The van der Waals surface area contributed by atoms with Crippen molar-refractivity contribution in [2.75, 3.05) is 17.3 Å². The number of carbonyl (C=O) groups is 2. The first-order chi connectivity index (χ1) is 11.7. The quantitative estimate of drug-likeness (QED) is 0.820. The lowest BCUT2D eigenvalue weighted by atomic mass is 9.90. The van der Waals surface area contributed by atoms with Crippen LogP contribution in [0.15, 0.2) is 54.6 Å². The largest absolute Gasteiger partial charge is 0.325 e. The molecule has 0 aliphatic rings. The Labute approximate surface area is 149 Å². The predicted molar refractivity (Wildman–Crippen MR) is 103 cm³/mol. The van der Waals surface area contributed by atoms with E-state index in [0.29, 0.717) is 11.6 Å². The second kappa shape index (κ2) is 7.51. The summed E-state index contributed by atoms with van der Waals surface area (Å²) < 4.78 is 0. The van der Waals surface area contributed by atoms with E-state index in [4.69, 9.17) is 0 Å². The highest BCUT2D eigenvalue weighted by Gasteiger charge is 2.38. The van der Waals surface area contributed by atoms with E-state index >= 15 is 0 Å². The zero-order valence-corrected chi connectivity index (χ0v) is 15.5. The summed E-state index contributed by atoms with van der Waals surface area (Å²) in [5.41, 5.74) is 1.48. The van der Waals surface area contributed by atoms with Crippen LogP contribution < -0.4 is 10.2 Å². The number of rotatable bonds is 5. The highest BCUT2D eigenvalue weighted by molar-refractivity contribution is 6.14. The lowest BCUT2D eigenvalue weighted by molar-refractivity contribution is -0.136. The van der Waals surface area contributed by atoms with E-state index in [1.807, 2.05) is 54.6 Å². The van der Waals surface area contributed by atoms with E-state index < -0.39 is 5.41 Å². The Morgan fingerprint density at radius 3 is 2.04 bits per heavy atom. The summed E-state index contributed by atoms with van der Waals surface area (Å²) in [5.74, 6) is -0.144. The average molecular weight is 338 g/mol. The molecule has 25 heavy (non-hydrogen) atoms. The van der Waals surface area contributed by atoms with Gasteiger partial charge in [0.1, 0.15) is 5.41 Å². The summed E-state index contributed by atoms with van der Waals surface area (Å²) in [7, 11) is 1.68. The molecule has 132 valence electrons. The van der Waals surface area contributed by atoms with Gasteiger partial charge < -0.3 is 10.2 Å². The molecule has 0 saturated carbocycles. The number of nitrogens with zero attached hydrogens (tertiary/aromatic N) is 1. The molecule has 0 radical (unpaired) electrons. The summed E-state index contributed by atoms with van der Waals surface area (Å²) in [6, 6.07) is 17.0. The second-order valence-corrected chi connectivity index (χ2v) is 7.06. The van der Waals surface area contributed by atoms with Crippen LogP contribution in [0.2, 0.25) is 0 Å². The number of para-hydroxylation sites is 1. The molecule has 0 saturated heterocycles. The molecule has 4 heteroatoms. The molecule has 0 aliphatic heterocycles. The number of nitrogens with one attached hydrogen (secondary N) is 1. The van der Waals surface area contributed by atoms with Crippen LogP contribution in [0.3, 0.4) is 0 Å². The van der Waals surface area contributed by atoms with Crippen LogP contribution in [0.25, 0.3) is 0 Å². The van der Waals surface area contributed by atoms with Gasteiger partial charge in [-0.1, -0.05) is 44.2 Å². The third kappa shape index (κ3) is 4.27. The highest BCUT2D eigenvalue weighted by Crippen LogP contribution is 2.25. The van der Waals surface area contributed by atoms with E-state index in [0.717, 1.165) is 5.69 Å². The van der Waals surface area contributed by atoms with Crippen molar-refractivity contribution < 1.29 is 9.59 Å². The van der Waals surface area contributed by atoms with Crippen molar-refractivity contribution in [1.29, 1.82) is 0 Å². The van der Waals surface area contributed by atoms with Gasteiger partial charge in [0.25, 0.3) is 0 Å². The van der Waals surface area contributed by atoms with Gasteiger partial charge in [0.2, 0.25) is 11.8 Å². The van der Waals surface area contributed by atoms with Gasteiger partial charge in [-0.25, -0.2) is 0 Å². The van der Waals surface area contributed by atoms with Gasteiger partial charge in [-0.05, 0) is 49.6 Å². The molecule has 2 amide bonds. The number of hydrogen-bond donors (Lipinski definition) is 1. The molecule has 2 rings (SSSR count). The maximum absolute atomic E-state index is 12.8. The van der Waals surface area contributed by atoms with E-state index in [2.05, 4.69) is 19.2 Å². The van der Waals surface area contributed by atoms with Crippen molar-refractivity contribution in [2.24, 2.45) is 5.41 Å². The van der Waals surface area contributed by atoms with Crippen LogP contribution in [-0.4, -0.2) is 18.9 Å². The van der Waals surface area contributed by atoms with Crippen LogP contribution >= 0.6 is 0 Å². The van der Waals surface area contributed by atoms with Crippen LogP contribution in [0, 0.1) is 5.41 Å². The zero-order chi connectivity index (χ0) is 18.6. The van der Waals surface area contributed by atoms with Crippen LogP contribution in [-0.2, 0) is 9.59 Å². The molecule has 4 nitrogen and oxygen atoms in total. The Hall–Kier alpha value is -2.62. The Morgan fingerprint density at radius 1 is 0.960 bits per heavy atom. The Kier molecular flexibility index (Phi) is 5.62. The van der Waals surface area contributed by atoms with Gasteiger partial charge in [0.15, 0.2) is 0 Å². The van der Waals surface area contributed by atoms with E-state index in [-0.39, 0.29) is 11.8 Å². The van der Waals surface area contributed by atoms with Gasteiger partial charge in [0.05, 0.1) is 0 Å². The molecular formula is C21H26N2O2. The van der Waals surface area contributed by atoms with Crippen molar-refractivity contribution >= 4 is 23.2 Å².